The summed E-state index contributed by atoms with van der Waals surface area (Å²) in [5.41, 5.74) is 3.20. The number of rotatable bonds is 4. The molecule has 1 aliphatic rings. The molecule has 24 heavy (non-hydrogen) atoms. The highest BCUT2D eigenvalue weighted by Gasteiger charge is 2.22. The Morgan fingerprint density at radius 1 is 1.12 bits per heavy atom. The maximum Gasteiger partial charge on any atom is 0.121 e. The van der Waals surface area contributed by atoms with Gasteiger partial charge in [0.05, 0.1) is 36.2 Å². The predicted molar refractivity (Wildman–Crippen MR) is 91.4 cm³/mol. The minimum absolute atomic E-state index is 0.358. The largest absolute Gasteiger partial charge is 0.472 e. The van der Waals surface area contributed by atoms with Crippen molar-refractivity contribution in [3.05, 3.63) is 54.2 Å². The molecule has 0 spiro atoms. The Morgan fingerprint density at radius 2 is 1.92 bits per heavy atom. The lowest BCUT2D eigenvalue weighted by atomic mass is 10.3. The molecule has 1 aliphatic heterocycles. The van der Waals surface area contributed by atoms with Crippen LogP contribution in [0.1, 0.15) is 11.4 Å². The van der Waals surface area contributed by atoms with Crippen molar-refractivity contribution >= 4 is 11.0 Å². The number of hydrogen-bond donors (Lipinski definition) is 2. The number of para-hydroxylation sites is 2. The number of aliphatic hydroxyl groups is 1. The second-order valence-electron chi connectivity index (χ2n) is 6.46. The third-order valence-corrected chi connectivity index (χ3v) is 4.47. The van der Waals surface area contributed by atoms with E-state index in [2.05, 4.69) is 19.8 Å². The quantitative estimate of drug-likeness (QED) is 0.766. The van der Waals surface area contributed by atoms with Crippen LogP contribution >= 0.6 is 0 Å². The highest BCUT2D eigenvalue weighted by atomic mass is 16.3. The van der Waals surface area contributed by atoms with E-state index in [4.69, 9.17) is 4.42 Å². The lowest BCUT2D eigenvalue weighted by Crippen LogP contribution is -2.33. The van der Waals surface area contributed by atoms with E-state index in [9.17, 15) is 5.11 Å². The Labute approximate surface area is 140 Å². The lowest BCUT2D eigenvalue weighted by Gasteiger charge is -2.20. The van der Waals surface area contributed by atoms with Gasteiger partial charge in [-0.15, -0.1) is 0 Å². The summed E-state index contributed by atoms with van der Waals surface area (Å²) in [6.45, 7) is 4.71. The number of aromatic nitrogens is 2. The Balaban J connectivity index is 1.41. The number of nitrogens with one attached hydrogen (secondary N) is 1. The van der Waals surface area contributed by atoms with Crippen molar-refractivity contribution in [1.82, 2.24) is 19.8 Å². The Kier molecular flexibility index (Phi) is 4.34. The fourth-order valence-corrected chi connectivity index (χ4v) is 3.34. The van der Waals surface area contributed by atoms with Gasteiger partial charge in [0.1, 0.15) is 5.82 Å². The van der Waals surface area contributed by atoms with Gasteiger partial charge in [-0.1, -0.05) is 12.1 Å². The van der Waals surface area contributed by atoms with Crippen LogP contribution in [0.5, 0.6) is 0 Å². The van der Waals surface area contributed by atoms with E-state index in [-0.39, 0.29) is 6.10 Å². The number of aliphatic hydroxyl groups excluding tert-OH is 1. The second-order valence-corrected chi connectivity index (χ2v) is 6.46. The molecule has 1 atom stereocenters. The number of fused-ring (bicyclic) bond motifs is 1. The molecule has 0 radical (unpaired) electrons. The van der Waals surface area contributed by atoms with Gasteiger partial charge < -0.3 is 14.5 Å². The van der Waals surface area contributed by atoms with E-state index in [1.54, 1.807) is 12.5 Å². The number of furan rings is 1. The van der Waals surface area contributed by atoms with E-state index in [1.165, 1.54) is 0 Å². The smallest absolute Gasteiger partial charge is 0.121 e. The molecule has 0 saturated carbocycles. The topological polar surface area (TPSA) is 68.5 Å². The lowest BCUT2D eigenvalue weighted by molar-refractivity contribution is 0.105. The van der Waals surface area contributed by atoms with Crippen LogP contribution in [0.15, 0.2) is 47.3 Å². The van der Waals surface area contributed by atoms with Gasteiger partial charge in [0.15, 0.2) is 0 Å². The van der Waals surface area contributed by atoms with Crippen LogP contribution in [0, 0.1) is 0 Å². The number of hydrogen-bond acceptors (Lipinski definition) is 5. The maximum atomic E-state index is 10.3. The van der Waals surface area contributed by atoms with Crippen LogP contribution in [-0.4, -0.2) is 57.2 Å². The minimum atomic E-state index is -0.358. The maximum absolute atomic E-state index is 10.3. The molecule has 0 bridgehead atoms. The van der Waals surface area contributed by atoms with Crippen molar-refractivity contribution in [2.75, 3.05) is 26.2 Å². The third kappa shape index (κ3) is 3.51. The van der Waals surface area contributed by atoms with Crippen molar-refractivity contribution in [1.29, 1.82) is 0 Å². The molecule has 6 heteroatoms. The number of aromatic amines is 1. The number of H-pyrrole nitrogens is 1. The highest BCUT2D eigenvalue weighted by molar-refractivity contribution is 5.74. The fraction of sp³-hybridized carbons (Fsp3) is 0.389. The molecular formula is C18H22N4O2. The van der Waals surface area contributed by atoms with E-state index in [0.717, 1.165) is 48.6 Å². The first-order chi connectivity index (χ1) is 11.8. The standard InChI is InChI=1S/C18H22N4O2/c23-15-10-21(9-14-5-8-24-13-14)6-7-22(11-15)12-18-19-16-3-1-2-4-17(16)20-18/h1-5,8,13,15,23H,6-7,9-12H2,(H,19,20). The van der Waals surface area contributed by atoms with Gasteiger partial charge >= 0.3 is 0 Å². The zero-order valence-electron chi connectivity index (χ0n) is 13.6. The minimum Gasteiger partial charge on any atom is -0.472 e. The Morgan fingerprint density at radius 3 is 2.67 bits per heavy atom. The predicted octanol–water partition coefficient (Wildman–Crippen LogP) is 1.83. The molecule has 1 fully saturated rings. The first-order valence-corrected chi connectivity index (χ1v) is 8.34. The first-order valence-electron chi connectivity index (χ1n) is 8.34. The molecule has 2 N–H and O–H groups in total. The summed E-state index contributed by atoms with van der Waals surface area (Å²) in [4.78, 5) is 12.5. The van der Waals surface area contributed by atoms with Crippen molar-refractivity contribution in [3.8, 4) is 0 Å². The van der Waals surface area contributed by atoms with Crippen molar-refractivity contribution in [2.24, 2.45) is 0 Å². The summed E-state index contributed by atoms with van der Waals surface area (Å²) in [5, 5.41) is 10.3. The summed E-state index contributed by atoms with van der Waals surface area (Å²) in [7, 11) is 0. The zero-order valence-corrected chi connectivity index (χ0v) is 13.6. The number of benzene rings is 1. The van der Waals surface area contributed by atoms with Crippen LogP contribution in [-0.2, 0) is 13.1 Å². The van der Waals surface area contributed by atoms with Gasteiger partial charge in [0.2, 0.25) is 0 Å². The molecule has 0 amide bonds. The van der Waals surface area contributed by atoms with Gasteiger partial charge in [-0.3, -0.25) is 9.80 Å². The van der Waals surface area contributed by atoms with Gasteiger partial charge in [-0.05, 0) is 18.2 Å². The molecule has 3 aromatic rings. The van der Waals surface area contributed by atoms with Crippen molar-refractivity contribution in [2.45, 2.75) is 19.2 Å². The van der Waals surface area contributed by atoms with E-state index in [1.807, 2.05) is 30.3 Å². The summed E-state index contributed by atoms with van der Waals surface area (Å²) in [6.07, 6.45) is 3.10. The average molecular weight is 326 g/mol. The number of imidazole rings is 1. The molecule has 0 aliphatic carbocycles. The fourth-order valence-electron chi connectivity index (χ4n) is 3.34. The molecule has 1 saturated heterocycles. The van der Waals surface area contributed by atoms with Crippen LogP contribution in [0.25, 0.3) is 11.0 Å². The molecule has 3 heterocycles. The monoisotopic (exact) mass is 326 g/mol. The molecular weight excluding hydrogens is 304 g/mol. The third-order valence-electron chi connectivity index (χ3n) is 4.47. The van der Waals surface area contributed by atoms with Crippen LogP contribution in [0.2, 0.25) is 0 Å². The summed E-state index contributed by atoms with van der Waals surface area (Å²) in [5.74, 6) is 0.951. The molecule has 6 nitrogen and oxygen atoms in total. The highest BCUT2D eigenvalue weighted by Crippen LogP contribution is 2.14. The normalized spacial score (nSPS) is 20.5. The summed E-state index contributed by atoms with van der Waals surface area (Å²) in [6, 6.07) is 10.0. The first kappa shape index (κ1) is 15.4. The summed E-state index contributed by atoms with van der Waals surface area (Å²) < 4.78 is 5.13. The van der Waals surface area contributed by atoms with E-state index >= 15 is 0 Å². The number of β-amino-alcohol motifs (C(OH)–C–C–N with tert-alkyl or cyclic N) is 1. The molecule has 1 unspecified atom stereocenters. The van der Waals surface area contributed by atoms with Gasteiger partial charge in [0, 0.05) is 38.3 Å². The average Bonchev–Trinajstić information content (AvgIpc) is 3.17. The molecule has 126 valence electrons. The van der Waals surface area contributed by atoms with Crippen LogP contribution in [0.4, 0.5) is 0 Å². The Bertz CT molecular complexity index is 750. The van der Waals surface area contributed by atoms with Crippen LogP contribution < -0.4 is 0 Å². The van der Waals surface area contributed by atoms with Crippen molar-refractivity contribution in [3.63, 3.8) is 0 Å². The zero-order chi connectivity index (χ0) is 16.4. The molecule has 4 rings (SSSR count). The van der Waals surface area contributed by atoms with Crippen molar-refractivity contribution < 1.29 is 9.52 Å². The van der Waals surface area contributed by atoms with Gasteiger partial charge in [0.25, 0.3) is 0 Å². The number of nitrogens with zero attached hydrogens (tertiary/aromatic N) is 3. The van der Waals surface area contributed by atoms with Gasteiger partial charge in [-0.2, -0.15) is 0 Å². The van der Waals surface area contributed by atoms with Gasteiger partial charge in [-0.25, -0.2) is 4.98 Å². The molecule has 1 aromatic carbocycles. The van der Waals surface area contributed by atoms with E-state index < -0.39 is 0 Å². The SMILES string of the molecule is OC1CN(Cc2ccoc2)CCN(Cc2nc3ccccc3[nH]2)C1. The second kappa shape index (κ2) is 6.76. The summed E-state index contributed by atoms with van der Waals surface area (Å²) >= 11 is 0. The van der Waals surface area contributed by atoms with E-state index in [0.29, 0.717) is 13.1 Å². The Hall–Kier alpha value is -2.15. The molecule has 2 aromatic heterocycles. The van der Waals surface area contributed by atoms with Crippen LogP contribution in [0.3, 0.4) is 0 Å².